The molecule has 138 valence electrons. The van der Waals surface area contributed by atoms with E-state index in [2.05, 4.69) is 23.2 Å². The first-order valence-corrected chi connectivity index (χ1v) is 9.68. The number of anilines is 1. The monoisotopic (exact) mass is 345 g/mol. The predicted molar refractivity (Wildman–Crippen MR) is 99.9 cm³/mol. The number of hydrogen-bond donors (Lipinski definition) is 1. The number of piperazine rings is 1. The van der Waals surface area contributed by atoms with Gasteiger partial charge in [-0.25, -0.2) is 9.97 Å². The summed E-state index contributed by atoms with van der Waals surface area (Å²) >= 11 is 0. The Morgan fingerprint density at radius 3 is 2.72 bits per heavy atom. The number of amides is 1. The lowest BCUT2D eigenvalue weighted by molar-refractivity contribution is -0.133. The van der Waals surface area contributed by atoms with E-state index in [-0.39, 0.29) is 11.9 Å². The lowest BCUT2D eigenvalue weighted by Crippen LogP contribution is -2.56. The van der Waals surface area contributed by atoms with E-state index in [1.165, 1.54) is 0 Å². The molecule has 2 aliphatic rings. The number of rotatable bonds is 5. The van der Waals surface area contributed by atoms with Gasteiger partial charge in [0, 0.05) is 37.8 Å². The topological polar surface area (TPSA) is 61.4 Å². The summed E-state index contributed by atoms with van der Waals surface area (Å²) in [5.74, 6) is 2.47. The van der Waals surface area contributed by atoms with Crippen molar-refractivity contribution in [3.63, 3.8) is 0 Å². The SMILES string of the molecule is CCCC[C@H]1C(=O)N(C)CCN1c1cc(C2CCNCC2)nc(C)n1. The van der Waals surface area contributed by atoms with Gasteiger partial charge in [0.25, 0.3) is 0 Å². The fourth-order valence-corrected chi connectivity index (χ4v) is 3.91. The van der Waals surface area contributed by atoms with Crippen LogP contribution in [0.2, 0.25) is 0 Å². The number of nitrogens with one attached hydrogen (secondary N) is 1. The molecule has 0 aliphatic carbocycles. The Balaban J connectivity index is 1.87. The van der Waals surface area contributed by atoms with E-state index in [4.69, 9.17) is 9.97 Å². The molecule has 3 heterocycles. The van der Waals surface area contributed by atoms with Crippen molar-refractivity contribution in [2.45, 2.75) is 57.9 Å². The quantitative estimate of drug-likeness (QED) is 0.885. The van der Waals surface area contributed by atoms with E-state index < -0.39 is 0 Å². The number of carbonyl (C=O) groups is 1. The van der Waals surface area contributed by atoms with Crippen LogP contribution in [-0.4, -0.2) is 60.0 Å². The minimum atomic E-state index is -0.0890. The summed E-state index contributed by atoms with van der Waals surface area (Å²) in [5.41, 5.74) is 1.14. The van der Waals surface area contributed by atoms with Gasteiger partial charge in [-0.05, 0) is 39.3 Å². The van der Waals surface area contributed by atoms with E-state index in [0.29, 0.717) is 5.92 Å². The molecule has 0 aromatic carbocycles. The fraction of sp³-hybridized carbons (Fsp3) is 0.737. The number of hydrogen-bond acceptors (Lipinski definition) is 5. The van der Waals surface area contributed by atoms with Crippen LogP contribution in [-0.2, 0) is 4.79 Å². The molecule has 0 saturated carbocycles. The third-order valence-corrected chi connectivity index (χ3v) is 5.44. The molecule has 2 aliphatic heterocycles. The number of aryl methyl sites for hydroxylation is 1. The zero-order chi connectivity index (χ0) is 17.8. The maximum Gasteiger partial charge on any atom is 0.245 e. The number of piperidine rings is 1. The second-order valence-electron chi connectivity index (χ2n) is 7.33. The second kappa shape index (κ2) is 8.13. The van der Waals surface area contributed by atoms with E-state index >= 15 is 0 Å². The Hall–Kier alpha value is -1.69. The summed E-state index contributed by atoms with van der Waals surface area (Å²) in [7, 11) is 1.91. The molecule has 1 aromatic rings. The minimum absolute atomic E-state index is 0.0890. The van der Waals surface area contributed by atoms with Gasteiger partial charge in [0.15, 0.2) is 0 Å². The van der Waals surface area contributed by atoms with Gasteiger partial charge in [0.1, 0.15) is 17.7 Å². The first kappa shape index (κ1) is 18.1. The van der Waals surface area contributed by atoms with Crippen molar-refractivity contribution in [1.82, 2.24) is 20.2 Å². The molecule has 1 aromatic heterocycles. The van der Waals surface area contributed by atoms with Crippen molar-refractivity contribution in [3.05, 3.63) is 17.6 Å². The first-order valence-electron chi connectivity index (χ1n) is 9.68. The molecule has 6 heteroatoms. The van der Waals surface area contributed by atoms with Crippen LogP contribution < -0.4 is 10.2 Å². The Morgan fingerprint density at radius 1 is 1.24 bits per heavy atom. The summed E-state index contributed by atoms with van der Waals surface area (Å²) in [6, 6.07) is 2.05. The van der Waals surface area contributed by atoms with Gasteiger partial charge >= 0.3 is 0 Å². The maximum atomic E-state index is 12.7. The molecule has 0 bridgehead atoms. The minimum Gasteiger partial charge on any atom is -0.343 e. The first-order chi connectivity index (χ1) is 12.1. The third kappa shape index (κ3) is 4.11. The third-order valence-electron chi connectivity index (χ3n) is 5.44. The van der Waals surface area contributed by atoms with Gasteiger partial charge in [0.05, 0.1) is 0 Å². The average Bonchev–Trinajstić information content (AvgIpc) is 2.63. The zero-order valence-electron chi connectivity index (χ0n) is 15.8. The average molecular weight is 345 g/mol. The smallest absolute Gasteiger partial charge is 0.245 e. The Bertz CT molecular complexity index is 599. The van der Waals surface area contributed by atoms with E-state index in [1.54, 1.807) is 0 Å². The summed E-state index contributed by atoms with van der Waals surface area (Å²) in [6.45, 7) is 7.84. The van der Waals surface area contributed by atoms with Gasteiger partial charge in [0.2, 0.25) is 5.91 Å². The molecule has 1 atom stereocenters. The molecule has 25 heavy (non-hydrogen) atoms. The van der Waals surface area contributed by atoms with Crippen molar-refractivity contribution in [3.8, 4) is 0 Å². The van der Waals surface area contributed by atoms with Crippen LogP contribution in [0.5, 0.6) is 0 Å². The van der Waals surface area contributed by atoms with Crippen LogP contribution in [0.15, 0.2) is 6.07 Å². The van der Waals surface area contributed by atoms with Crippen molar-refractivity contribution < 1.29 is 4.79 Å². The highest BCUT2D eigenvalue weighted by Crippen LogP contribution is 2.28. The van der Waals surface area contributed by atoms with Crippen LogP contribution >= 0.6 is 0 Å². The van der Waals surface area contributed by atoms with Crippen LogP contribution in [0.4, 0.5) is 5.82 Å². The molecule has 3 rings (SSSR count). The summed E-state index contributed by atoms with van der Waals surface area (Å²) in [4.78, 5) is 26.2. The molecular weight excluding hydrogens is 314 g/mol. The Kier molecular flexibility index (Phi) is 5.89. The van der Waals surface area contributed by atoms with Crippen LogP contribution in [0.25, 0.3) is 0 Å². The van der Waals surface area contributed by atoms with Gasteiger partial charge in [-0.15, -0.1) is 0 Å². The Labute approximate surface area is 151 Å². The predicted octanol–water partition coefficient (Wildman–Crippen LogP) is 2.09. The molecule has 0 unspecified atom stereocenters. The summed E-state index contributed by atoms with van der Waals surface area (Å²) in [5, 5.41) is 3.41. The molecule has 6 nitrogen and oxygen atoms in total. The van der Waals surface area contributed by atoms with Crippen LogP contribution in [0.1, 0.15) is 56.5 Å². The number of carbonyl (C=O) groups excluding carboxylic acids is 1. The maximum absolute atomic E-state index is 12.7. The lowest BCUT2D eigenvalue weighted by atomic mass is 9.94. The summed E-state index contributed by atoms with van der Waals surface area (Å²) < 4.78 is 0. The highest BCUT2D eigenvalue weighted by molar-refractivity contribution is 5.86. The molecule has 1 N–H and O–H groups in total. The van der Waals surface area contributed by atoms with Crippen molar-refractivity contribution >= 4 is 11.7 Å². The van der Waals surface area contributed by atoms with Gasteiger partial charge in [-0.1, -0.05) is 19.8 Å². The van der Waals surface area contributed by atoms with E-state index in [1.807, 2.05) is 18.9 Å². The van der Waals surface area contributed by atoms with Gasteiger partial charge < -0.3 is 15.1 Å². The number of aromatic nitrogens is 2. The highest BCUT2D eigenvalue weighted by atomic mass is 16.2. The summed E-state index contributed by atoms with van der Waals surface area (Å²) in [6.07, 6.45) is 5.30. The van der Waals surface area contributed by atoms with Gasteiger partial charge in [-0.3, -0.25) is 4.79 Å². The van der Waals surface area contributed by atoms with E-state index in [9.17, 15) is 4.79 Å². The molecular formula is C19H31N5O. The van der Waals surface area contributed by atoms with Crippen molar-refractivity contribution in [2.24, 2.45) is 0 Å². The zero-order valence-corrected chi connectivity index (χ0v) is 15.8. The normalized spacial score (nSPS) is 22.5. The largest absolute Gasteiger partial charge is 0.343 e. The molecule has 1 amide bonds. The molecule has 2 saturated heterocycles. The second-order valence-corrected chi connectivity index (χ2v) is 7.33. The Morgan fingerprint density at radius 2 is 2.00 bits per heavy atom. The standard InChI is InChI=1S/C19H31N5O/c1-4-5-6-17-19(25)23(3)11-12-24(17)18-13-16(21-14(2)22-18)15-7-9-20-10-8-15/h13,15,17,20H,4-12H2,1-3H3/t17-/m0/s1. The number of likely N-dealkylation sites (N-methyl/N-ethyl adjacent to an activating group) is 1. The van der Waals surface area contributed by atoms with Crippen LogP contribution in [0.3, 0.4) is 0 Å². The molecule has 0 radical (unpaired) electrons. The highest BCUT2D eigenvalue weighted by Gasteiger charge is 2.34. The van der Waals surface area contributed by atoms with Crippen LogP contribution in [0, 0.1) is 6.92 Å². The number of unbranched alkanes of at least 4 members (excludes halogenated alkanes) is 1. The molecule has 2 fully saturated rings. The van der Waals surface area contributed by atoms with Crippen molar-refractivity contribution in [1.29, 1.82) is 0 Å². The number of nitrogens with zero attached hydrogens (tertiary/aromatic N) is 4. The van der Waals surface area contributed by atoms with E-state index in [0.717, 1.165) is 75.6 Å². The molecule has 0 spiro atoms. The van der Waals surface area contributed by atoms with Gasteiger partial charge in [-0.2, -0.15) is 0 Å². The lowest BCUT2D eigenvalue weighted by Gasteiger charge is -2.40. The van der Waals surface area contributed by atoms with Crippen molar-refractivity contribution in [2.75, 3.05) is 38.1 Å². The fourth-order valence-electron chi connectivity index (χ4n) is 3.91.